The van der Waals surface area contributed by atoms with Crippen LogP contribution in [0.5, 0.6) is 17.2 Å². The van der Waals surface area contributed by atoms with E-state index < -0.39 is 6.04 Å². The smallest absolute Gasteiger partial charge is 0.242 e. The van der Waals surface area contributed by atoms with E-state index in [0.29, 0.717) is 18.0 Å². The maximum atomic E-state index is 13.5. The molecule has 3 rings (SSSR count). The van der Waals surface area contributed by atoms with Crippen LogP contribution in [-0.4, -0.2) is 44.1 Å². The zero-order valence-electron chi connectivity index (χ0n) is 20.6. The van der Waals surface area contributed by atoms with Gasteiger partial charge in [-0.3, -0.25) is 9.59 Å². The van der Waals surface area contributed by atoms with Crippen LogP contribution in [0, 0.1) is 0 Å². The highest BCUT2D eigenvalue weighted by molar-refractivity contribution is 5.88. The van der Waals surface area contributed by atoms with Crippen LogP contribution in [-0.2, 0) is 29.1 Å². The number of amides is 2. The summed E-state index contributed by atoms with van der Waals surface area (Å²) in [6, 6.07) is 21.8. The van der Waals surface area contributed by atoms with Gasteiger partial charge in [0.15, 0.2) is 11.5 Å². The molecule has 0 aliphatic carbocycles. The first-order valence-corrected chi connectivity index (χ1v) is 11.4. The van der Waals surface area contributed by atoms with Gasteiger partial charge in [0, 0.05) is 13.1 Å². The molecule has 1 unspecified atom stereocenters. The third kappa shape index (κ3) is 6.99. The van der Waals surface area contributed by atoms with E-state index in [-0.39, 0.29) is 24.8 Å². The molecule has 0 heterocycles. The van der Waals surface area contributed by atoms with Gasteiger partial charge in [-0.2, -0.15) is 0 Å². The molecule has 1 atom stereocenters. The molecule has 7 nitrogen and oxygen atoms in total. The van der Waals surface area contributed by atoms with E-state index in [9.17, 15) is 9.59 Å². The van der Waals surface area contributed by atoms with Crippen LogP contribution < -0.4 is 19.5 Å². The minimum Gasteiger partial charge on any atom is -0.497 e. The van der Waals surface area contributed by atoms with Crippen LogP contribution >= 0.6 is 0 Å². The first kappa shape index (κ1) is 25.6. The summed E-state index contributed by atoms with van der Waals surface area (Å²) in [6.07, 6.45) is 0.118. The number of methoxy groups -OCH3 is 3. The van der Waals surface area contributed by atoms with Crippen molar-refractivity contribution in [2.75, 3.05) is 21.3 Å². The van der Waals surface area contributed by atoms with E-state index in [0.717, 1.165) is 22.4 Å². The number of benzene rings is 3. The zero-order valence-corrected chi connectivity index (χ0v) is 20.6. The molecule has 0 saturated heterocycles. The van der Waals surface area contributed by atoms with Gasteiger partial charge in [-0.15, -0.1) is 0 Å². The van der Waals surface area contributed by atoms with Crippen LogP contribution in [0.2, 0.25) is 0 Å². The second kappa shape index (κ2) is 12.5. The van der Waals surface area contributed by atoms with Crippen molar-refractivity contribution in [3.8, 4) is 17.2 Å². The van der Waals surface area contributed by atoms with Gasteiger partial charge in [0.1, 0.15) is 11.8 Å². The first-order chi connectivity index (χ1) is 16.9. The minimum absolute atomic E-state index is 0.118. The first-order valence-electron chi connectivity index (χ1n) is 11.4. The Bertz CT molecular complexity index is 1120. The summed E-state index contributed by atoms with van der Waals surface area (Å²) < 4.78 is 15.9. The fraction of sp³-hybridized carbons (Fsp3) is 0.286. The molecule has 1 N–H and O–H groups in total. The molecule has 0 aromatic heterocycles. The number of hydrogen-bond donors (Lipinski definition) is 1. The zero-order chi connectivity index (χ0) is 25.2. The summed E-state index contributed by atoms with van der Waals surface area (Å²) in [4.78, 5) is 28.1. The van der Waals surface area contributed by atoms with Gasteiger partial charge in [-0.25, -0.2) is 0 Å². The van der Waals surface area contributed by atoms with Crippen molar-refractivity contribution in [3.63, 3.8) is 0 Å². The predicted octanol–water partition coefficient (Wildman–Crippen LogP) is 3.99. The Kier molecular flexibility index (Phi) is 9.12. The number of nitrogens with zero attached hydrogens (tertiary/aromatic N) is 1. The molecule has 0 aliphatic heterocycles. The largest absolute Gasteiger partial charge is 0.497 e. The Hall–Kier alpha value is -4.00. The van der Waals surface area contributed by atoms with Crippen molar-refractivity contribution in [3.05, 3.63) is 89.5 Å². The SMILES string of the molecule is COc1ccc(CN(C(=O)Cc2ccc(OC)c(OC)c2)C(C)C(=O)NCc2ccccc2)cc1. The number of hydrogen-bond acceptors (Lipinski definition) is 5. The average Bonchev–Trinajstić information content (AvgIpc) is 2.90. The normalized spacial score (nSPS) is 11.3. The standard InChI is InChI=1S/C28H32N2O5/c1-20(28(32)29-18-21-8-6-5-7-9-21)30(19-22-10-13-24(33-2)14-11-22)27(31)17-23-12-15-25(34-3)26(16-23)35-4/h5-16,20H,17-19H2,1-4H3,(H,29,32). The summed E-state index contributed by atoms with van der Waals surface area (Å²) in [5.41, 5.74) is 2.66. The van der Waals surface area contributed by atoms with Gasteiger partial charge in [-0.1, -0.05) is 48.5 Å². The molecule has 0 saturated carbocycles. The number of ether oxygens (including phenoxy) is 3. The van der Waals surface area contributed by atoms with Gasteiger partial charge in [-0.05, 0) is 47.9 Å². The predicted molar refractivity (Wildman–Crippen MR) is 135 cm³/mol. The van der Waals surface area contributed by atoms with E-state index in [1.54, 1.807) is 45.3 Å². The molecule has 0 aliphatic rings. The Balaban J connectivity index is 1.79. The third-order valence-electron chi connectivity index (χ3n) is 5.79. The molecule has 0 radical (unpaired) electrons. The van der Waals surface area contributed by atoms with E-state index in [4.69, 9.17) is 14.2 Å². The second-order valence-corrected chi connectivity index (χ2v) is 8.12. The molecule has 3 aromatic rings. The highest BCUT2D eigenvalue weighted by Crippen LogP contribution is 2.28. The minimum atomic E-state index is -0.673. The lowest BCUT2D eigenvalue weighted by Gasteiger charge is -2.29. The molecular formula is C28H32N2O5. The van der Waals surface area contributed by atoms with Crippen LogP contribution in [0.15, 0.2) is 72.8 Å². The van der Waals surface area contributed by atoms with Gasteiger partial charge < -0.3 is 24.4 Å². The lowest BCUT2D eigenvalue weighted by molar-refractivity contribution is -0.140. The van der Waals surface area contributed by atoms with Crippen LogP contribution in [0.3, 0.4) is 0 Å². The summed E-state index contributed by atoms with van der Waals surface area (Å²) >= 11 is 0. The van der Waals surface area contributed by atoms with Crippen molar-refractivity contribution < 1.29 is 23.8 Å². The molecule has 184 valence electrons. The van der Waals surface area contributed by atoms with E-state index in [2.05, 4.69) is 5.32 Å². The van der Waals surface area contributed by atoms with Gasteiger partial charge in [0.05, 0.1) is 27.8 Å². The molecule has 0 bridgehead atoms. The van der Waals surface area contributed by atoms with E-state index in [1.165, 1.54) is 0 Å². The topological polar surface area (TPSA) is 77.1 Å². The third-order valence-corrected chi connectivity index (χ3v) is 5.79. The molecule has 0 spiro atoms. The highest BCUT2D eigenvalue weighted by atomic mass is 16.5. The van der Waals surface area contributed by atoms with Crippen LogP contribution in [0.1, 0.15) is 23.6 Å². The van der Waals surface area contributed by atoms with E-state index in [1.807, 2.05) is 60.7 Å². The van der Waals surface area contributed by atoms with Crippen molar-refractivity contribution in [2.24, 2.45) is 0 Å². The Morgan fingerprint density at radius 2 is 1.46 bits per heavy atom. The Labute approximate surface area is 206 Å². The summed E-state index contributed by atoms with van der Waals surface area (Å²) in [5.74, 6) is 1.48. The lowest BCUT2D eigenvalue weighted by Crippen LogP contribution is -2.48. The molecular weight excluding hydrogens is 444 g/mol. The average molecular weight is 477 g/mol. The van der Waals surface area contributed by atoms with Gasteiger partial charge in [0.2, 0.25) is 11.8 Å². The Morgan fingerprint density at radius 3 is 2.09 bits per heavy atom. The molecule has 0 fully saturated rings. The fourth-order valence-corrected chi connectivity index (χ4v) is 3.71. The summed E-state index contributed by atoms with van der Waals surface area (Å²) in [6.45, 7) is 2.43. The van der Waals surface area contributed by atoms with Crippen LogP contribution in [0.4, 0.5) is 0 Å². The van der Waals surface area contributed by atoms with Crippen molar-refractivity contribution in [2.45, 2.75) is 32.5 Å². The maximum absolute atomic E-state index is 13.5. The Morgan fingerprint density at radius 1 is 0.800 bits per heavy atom. The lowest BCUT2D eigenvalue weighted by atomic mass is 10.1. The van der Waals surface area contributed by atoms with Crippen molar-refractivity contribution in [1.29, 1.82) is 0 Å². The molecule has 2 amide bonds. The monoisotopic (exact) mass is 476 g/mol. The summed E-state index contributed by atoms with van der Waals surface area (Å²) in [7, 11) is 4.72. The second-order valence-electron chi connectivity index (χ2n) is 8.12. The molecule has 3 aromatic carbocycles. The fourth-order valence-electron chi connectivity index (χ4n) is 3.71. The van der Waals surface area contributed by atoms with Gasteiger partial charge >= 0.3 is 0 Å². The number of nitrogens with one attached hydrogen (secondary N) is 1. The summed E-state index contributed by atoms with van der Waals surface area (Å²) in [5, 5.41) is 2.95. The van der Waals surface area contributed by atoms with Crippen LogP contribution in [0.25, 0.3) is 0 Å². The maximum Gasteiger partial charge on any atom is 0.242 e. The van der Waals surface area contributed by atoms with E-state index >= 15 is 0 Å². The number of carbonyl (C=O) groups is 2. The molecule has 35 heavy (non-hydrogen) atoms. The highest BCUT2D eigenvalue weighted by Gasteiger charge is 2.26. The van der Waals surface area contributed by atoms with Crippen molar-refractivity contribution >= 4 is 11.8 Å². The molecule has 7 heteroatoms. The van der Waals surface area contributed by atoms with Crippen molar-refractivity contribution in [1.82, 2.24) is 10.2 Å². The number of carbonyl (C=O) groups excluding carboxylic acids is 2. The van der Waals surface area contributed by atoms with Gasteiger partial charge in [0.25, 0.3) is 0 Å². The quantitative estimate of drug-likeness (QED) is 0.453. The number of rotatable bonds is 11.